The Balaban J connectivity index is 2.11. The summed E-state index contributed by atoms with van der Waals surface area (Å²) in [5, 5.41) is 7.20. The Morgan fingerprint density at radius 2 is 2.18 bits per heavy atom. The zero-order valence-electron chi connectivity index (χ0n) is 10.1. The molecule has 0 aromatic carbocycles. The molecule has 0 radical (unpaired) electrons. The standard InChI is InChI=1S/C11H15N5O/c1-8-4-11(16(3)15-8)17-10-7-13-9(5-12-2)6-14-10/h4,6-7,12H,5H2,1-3H3. The van der Waals surface area contributed by atoms with E-state index < -0.39 is 0 Å². The highest BCUT2D eigenvalue weighted by atomic mass is 16.5. The molecule has 2 heterocycles. The summed E-state index contributed by atoms with van der Waals surface area (Å²) in [5.41, 5.74) is 1.78. The van der Waals surface area contributed by atoms with Crippen molar-refractivity contribution in [2.45, 2.75) is 13.5 Å². The number of ether oxygens (including phenoxy) is 1. The summed E-state index contributed by atoms with van der Waals surface area (Å²) < 4.78 is 7.23. The van der Waals surface area contributed by atoms with Crippen molar-refractivity contribution >= 4 is 0 Å². The second kappa shape index (κ2) is 4.92. The van der Waals surface area contributed by atoms with Gasteiger partial charge < -0.3 is 10.1 Å². The van der Waals surface area contributed by atoms with Crippen LogP contribution in [0.15, 0.2) is 18.5 Å². The van der Waals surface area contributed by atoms with Crippen LogP contribution >= 0.6 is 0 Å². The van der Waals surface area contributed by atoms with Crippen molar-refractivity contribution in [3.63, 3.8) is 0 Å². The fraction of sp³-hybridized carbons (Fsp3) is 0.364. The lowest BCUT2D eigenvalue weighted by molar-refractivity contribution is 0.412. The summed E-state index contributed by atoms with van der Waals surface area (Å²) in [7, 11) is 3.69. The normalized spacial score (nSPS) is 10.5. The molecule has 0 aliphatic rings. The average Bonchev–Trinajstić information content (AvgIpc) is 2.61. The molecule has 0 aliphatic carbocycles. The maximum absolute atomic E-state index is 5.57. The van der Waals surface area contributed by atoms with Gasteiger partial charge in [0.15, 0.2) is 0 Å². The van der Waals surface area contributed by atoms with Gasteiger partial charge in [-0.15, -0.1) is 0 Å². The highest BCUT2D eigenvalue weighted by Gasteiger charge is 2.05. The Morgan fingerprint density at radius 3 is 2.71 bits per heavy atom. The Kier molecular flexibility index (Phi) is 3.34. The van der Waals surface area contributed by atoms with E-state index in [0.717, 1.165) is 11.4 Å². The molecule has 0 saturated heterocycles. The lowest BCUT2D eigenvalue weighted by Crippen LogP contribution is -2.07. The first-order valence-electron chi connectivity index (χ1n) is 5.33. The van der Waals surface area contributed by atoms with Crippen LogP contribution in [0.25, 0.3) is 0 Å². The van der Waals surface area contributed by atoms with Gasteiger partial charge in [-0.2, -0.15) is 5.10 Å². The molecule has 0 amide bonds. The molecule has 0 saturated carbocycles. The van der Waals surface area contributed by atoms with E-state index in [1.54, 1.807) is 17.1 Å². The van der Waals surface area contributed by atoms with E-state index in [1.165, 1.54) is 0 Å². The van der Waals surface area contributed by atoms with Gasteiger partial charge >= 0.3 is 0 Å². The van der Waals surface area contributed by atoms with E-state index in [1.807, 2.05) is 27.1 Å². The zero-order valence-corrected chi connectivity index (χ0v) is 10.1. The first-order chi connectivity index (χ1) is 8.19. The van der Waals surface area contributed by atoms with Gasteiger partial charge in [0.1, 0.15) is 0 Å². The van der Waals surface area contributed by atoms with Crippen molar-refractivity contribution in [3.05, 3.63) is 29.8 Å². The smallest absolute Gasteiger partial charge is 0.239 e. The van der Waals surface area contributed by atoms with Crippen LogP contribution in [0.1, 0.15) is 11.4 Å². The number of rotatable bonds is 4. The van der Waals surface area contributed by atoms with E-state index in [2.05, 4.69) is 20.4 Å². The minimum absolute atomic E-state index is 0.466. The van der Waals surface area contributed by atoms with E-state index >= 15 is 0 Å². The van der Waals surface area contributed by atoms with E-state index in [4.69, 9.17) is 4.74 Å². The number of nitrogens with zero attached hydrogens (tertiary/aromatic N) is 4. The highest BCUT2D eigenvalue weighted by Crippen LogP contribution is 2.18. The van der Waals surface area contributed by atoms with Crippen LogP contribution in [0.5, 0.6) is 11.8 Å². The minimum atomic E-state index is 0.466. The van der Waals surface area contributed by atoms with Gasteiger partial charge in [-0.25, -0.2) is 9.67 Å². The molecule has 0 unspecified atom stereocenters. The van der Waals surface area contributed by atoms with Gasteiger partial charge in [0, 0.05) is 19.7 Å². The summed E-state index contributed by atoms with van der Waals surface area (Å²) >= 11 is 0. The van der Waals surface area contributed by atoms with E-state index in [-0.39, 0.29) is 0 Å². The van der Waals surface area contributed by atoms with Crippen molar-refractivity contribution in [2.24, 2.45) is 7.05 Å². The molecule has 1 N–H and O–H groups in total. The molecule has 0 bridgehead atoms. The van der Waals surface area contributed by atoms with Gasteiger partial charge in [0.2, 0.25) is 11.8 Å². The second-order valence-electron chi connectivity index (χ2n) is 3.73. The van der Waals surface area contributed by atoms with Crippen molar-refractivity contribution in [1.82, 2.24) is 25.1 Å². The van der Waals surface area contributed by atoms with Gasteiger partial charge in [-0.3, -0.25) is 4.98 Å². The molecule has 90 valence electrons. The Labute approximate surface area is 99.7 Å². The minimum Gasteiger partial charge on any atom is -0.419 e. The molecule has 17 heavy (non-hydrogen) atoms. The fourth-order valence-corrected chi connectivity index (χ4v) is 1.46. The molecule has 6 heteroatoms. The molecule has 0 fully saturated rings. The topological polar surface area (TPSA) is 64.9 Å². The maximum atomic E-state index is 5.57. The number of hydrogen-bond donors (Lipinski definition) is 1. The molecule has 2 rings (SSSR count). The summed E-state index contributed by atoms with van der Waals surface area (Å²) in [6.07, 6.45) is 3.30. The Bertz CT molecular complexity index is 491. The average molecular weight is 233 g/mol. The van der Waals surface area contributed by atoms with Crippen LogP contribution in [-0.4, -0.2) is 26.8 Å². The van der Waals surface area contributed by atoms with Crippen molar-refractivity contribution in [2.75, 3.05) is 7.05 Å². The molecule has 0 atom stereocenters. The lowest BCUT2D eigenvalue weighted by atomic mass is 10.4. The van der Waals surface area contributed by atoms with Gasteiger partial charge in [0.25, 0.3) is 0 Å². The van der Waals surface area contributed by atoms with Crippen LogP contribution in [-0.2, 0) is 13.6 Å². The largest absolute Gasteiger partial charge is 0.419 e. The fourth-order valence-electron chi connectivity index (χ4n) is 1.46. The summed E-state index contributed by atoms with van der Waals surface area (Å²) in [6, 6.07) is 1.85. The van der Waals surface area contributed by atoms with Crippen molar-refractivity contribution in [3.8, 4) is 11.8 Å². The van der Waals surface area contributed by atoms with Crippen LogP contribution in [0.2, 0.25) is 0 Å². The molecule has 0 aliphatic heterocycles. The Morgan fingerprint density at radius 1 is 1.35 bits per heavy atom. The van der Waals surface area contributed by atoms with Crippen LogP contribution in [0, 0.1) is 6.92 Å². The van der Waals surface area contributed by atoms with Crippen molar-refractivity contribution < 1.29 is 4.74 Å². The molecule has 0 spiro atoms. The third kappa shape index (κ3) is 2.79. The van der Waals surface area contributed by atoms with E-state index in [9.17, 15) is 0 Å². The molecule has 2 aromatic heterocycles. The zero-order chi connectivity index (χ0) is 12.3. The first-order valence-corrected chi connectivity index (χ1v) is 5.33. The predicted molar refractivity (Wildman–Crippen MR) is 62.8 cm³/mol. The van der Waals surface area contributed by atoms with Crippen LogP contribution in [0.3, 0.4) is 0 Å². The van der Waals surface area contributed by atoms with Gasteiger partial charge in [-0.05, 0) is 14.0 Å². The number of aryl methyl sites for hydroxylation is 2. The van der Waals surface area contributed by atoms with Crippen molar-refractivity contribution in [1.29, 1.82) is 0 Å². The predicted octanol–water partition coefficient (Wildman–Crippen LogP) is 1.03. The number of aromatic nitrogens is 4. The number of hydrogen-bond acceptors (Lipinski definition) is 5. The molecule has 2 aromatic rings. The van der Waals surface area contributed by atoms with Gasteiger partial charge in [0.05, 0.1) is 23.8 Å². The van der Waals surface area contributed by atoms with Crippen LogP contribution < -0.4 is 10.1 Å². The van der Waals surface area contributed by atoms with Crippen LogP contribution in [0.4, 0.5) is 0 Å². The Hall–Kier alpha value is -1.95. The first kappa shape index (κ1) is 11.5. The SMILES string of the molecule is CNCc1cnc(Oc2cc(C)nn2C)cn1. The monoisotopic (exact) mass is 233 g/mol. The van der Waals surface area contributed by atoms with Gasteiger partial charge in [-0.1, -0.05) is 0 Å². The third-order valence-corrected chi connectivity index (χ3v) is 2.21. The molecular formula is C11H15N5O. The summed E-state index contributed by atoms with van der Waals surface area (Å²) in [5.74, 6) is 1.12. The molecular weight excluding hydrogens is 218 g/mol. The number of nitrogens with one attached hydrogen (secondary N) is 1. The maximum Gasteiger partial charge on any atom is 0.239 e. The van der Waals surface area contributed by atoms with E-state index in [0.29, 0.717) is 18.3 Å². The summed E-state index contributed by atoms with van der Waals surface area (Å²) in [4.78, 5) is 8.40. The lowest BCUT2D eigenvalue weighted by Gasteiger charge is -2.04. The summed E-state index contributed by atoms with van der Waals surface area (Å²) in [6.45, 7) is 2.60. The second-order valence-corrected chi connectivity index (χ2v) is 3.73. The third-order valence-electron chi connectivity index (χ3n) is 2.21. The quantitative estimate of drug-likeness (QED) is 0.854. The molecule has 6 nitrogen and oxygen atoms in total. The highest BCUT2D eigenvalue weighted by molar-refractivity contribution is 5.20.